The van der Waals surface area contributed by atoms with E-state index in [-0.39, 0.29) is 0 Å². The fourth-order valence-electron chi connectivity index (χ4n) is 2.00. The topological polar surface area (TPSA) is 33.0 Å². The maximum absolute atomic E-state index is 8.75. The van der Waals surface area contributed by atoms with Gasteiger partial charge in [0.2, 0.25) is 0 Å². The summed E-state index contributed by atoms with van der Waals surface area (Å²) >= 11 is 0. The molecule has 0 spiro atoms. The van der Waals surface area contributed by atoms with E-state index in [4.69, 9.17) is 10.00 Å². The zero-order chi connectivity index (χ0) is 14.4. The lowest BCUT2D eigenvalue weighted by molar-refractivity contribution is 0.321. The van der Waals surface area contributed by atoms with Gasteiger partial charge in [-0.05, 0) is 41.3 Å². The first-order chi connectivity index (χ1) is 9.69. The van der Waals surface area contributed by atoms with Gasteiger partial charge in [0.05, 0.1) is 18.2 Å². The van der Waals surface area contributed by atoms with Crippen molar-refractivity contribution in [3.8, 4) is 11.8 Å². The minimum absolute atomic E-state index is 0.511. The van der Waals surface area contributed by atoms with Crippen LogP contribution in [0.1, 0.15) is 36.5 Å². The van der Waals surface area contributed by atoms with Gasteiger partial charge in [-0.1, -0.05) is 38.1 Å². The molecule has 102 valence electrons. The first-order valence-corrected chi connectivity index (χ1v) is 6.91. The summed E-state index contributed by atoms with van der Waals surface area (Å²) in [6, 6.07) is 18.0. The van der Waals surface area contributed by atoms with Gasteiger partial charge in [0.1, 0.15) is 5.75 Å². The number of hydrogen-bond donors (Lipinski definition) is 0. The van der Waals surface area contributed by atoms with Gasteiger partial charge in [-0.2, -0.15) is 5.26 Å². The molecule has 0 saturated heterocycles. The molecule has 0 unspecified atom stereocenters. The number of nitrogens with zero attached hydrogens (tertiary/aromatic N) is 1. The number of ether oxygens (including phenoxy) is 1. The Morgan fingerprint density at radius 2 is 1.85 bits per heavy atom. The normalized spacial score (nSPS) is 10.3. The van der Waals surface area contributed by atoms with E-state index in [1.807, 2.05) is 36.4 Å². The molecular weight excluding hydrogens is 246 g/mol. The Balaban J connectivity index is 1.89. The molecule has 0 aliphatic rings. The van der Waals surface area contributed by atoms with Gasteiger partial charge in [-0.3, -0.25) is 0 Å². The fourth-order valence-corrected chi connectivity index (χ4v) is 2.00. The Bertz CT molecular complexity index is 594. The van der Waals surface area contributed by atoms with Crippen molar-refractivity contribution in [1.82, 2.24) is 0 Å². The number of rotatable bonds is 5. The average Bonchev–Trinajstić information content (AvgIpc) is 2.48. The van der Waals surface area contributed by atoms with E-state index < -0.39 is 0 Å². The maximum atomic E-state index is 8.75. The van der Waals surface area contributed by atoms with Crippen molar-refractivity contribution < 1.29 is 4.74 Å². The van der Waals surface area contributed by atoms with Gasteiger partial charge < -0.3 is 4.74 Å². The van der Waals surface area contributed by atoms with Crippen LogP contribution in [0.5, 0.6) is 5.75 Å². The summed E-state index contributed by atoms with van der Waals surface area (Å²) in [6.45, 7) is 5.00. The Morgan fingerprint density at radius 3 is 2.50 bits per heavy atom. The van der Waals surface area contributed by atoms with Crippen molar-refractivity contribution >= 4 is 0 Å². The van der Waals surface area contributed by atoms with Crippen LogP contribution < -0.4 is 4.74 Å². The highest BCUT2D eigenvalue weighted by Crippen LogP contribution is 2.20. The molecular formula is C18H19NO. The molecule has 2 rings (SSSR count). The summed E-state index contributed by atoms with van der Waals surface area (Å²) in [4.78, 5) is 0. The van der Waals surface area contributed by atoms with Crippen molar-refractivity contribution in [2.75, 3.05) is 6.61 Å². The lowest BCUT2D eigenvalue weighted by Crippen LogP contribution is -2.02. The van der Waals surface area contributed by atoms with E-state index in [1.54, 1.807) is 0 Å². The molecule has 0 heterocycles. The molecule has 0 aromatic heterocycles. The van der Waals surface area contributed by atoms with Crippen LogP contribution in [0.3, 0.4) is 0 Å². The summed E-state index contributed by atoms with van der Waals surface area (Å²) in [7, 11) is 0. The van der Waals surface area contributed by atoms with Crippen molar-refractivity contribution in [3.05, 3.63) is 65.2 Å². The maximum Gasteiger partial charge on any atom is 0.119 e. The van der Waals surface area contributed by atoms with E-state index in [1.165, 1.54) is 11.1 Å². The van der Waals surface area contributed by atoms with E-state index in [0.717, 1.165) is 12.2 Å². The Morgan fingerprint density at radius 1 is 1.10 bits per heavy atom. The molecule has 2 nitrogen and oxygen atoms in total. The second kappa shape index (κ2) is 6.77. The van der Waals surface area contributed by atoms with E-state index in [2.05, 4.69) is 32.0 Å². The summed E-state index contributed by atoms with van der Waals surface area (Å²) in [5.74, 6) is 1.43. The van der Waals surface area contributed by atoms with Crippen molar-refractivity contribution in [3.63, 3.8) is 0 Å². The standard InChI is InChI=1S/C18H19NO/c1-14(2)17-4-3-5-18(12-17)20-11-10-15-6-8-16(13-19)9-7-15/h3-9,12,14H,10-11H2,1-2H3. The predicted octanol–water partition coefficient (Wildman–Crippen LogP) is 4.30. The molecule has 0 saturated carbocycles. The van der Waals surface area contributed by atoms with E-state index in [0.29, 0.717) is 18.1 Å². The first kappa shape index (κ1) is 14.1. The Kier molecular flexibility index (Phi) is 4.79. The number of benzene rings is 2. The van der Waals surface area contributed by atoms with Crippen LogP contribution in [0.15, 0.2) is 48.5 Å². The predicted molar refractivity (Wildman–Crippen MR) is 80.9 cm³/mol. The second-order valence-corrected chi connectivity index (χ2v) is 5.13. The van der Waals surface area contributed by atoms with E-state index in [9.17, 15) is 0 Å². The minimum atomic E-state index is 0.511. The molecule has 2 heteroatoms. The highest BCUT2D eigenvalue weighted by atomic mass is 16.5. The molecule has 0 aliphatic carbocycles. The van der Waals surface area contributed by atoms with Crippen LogP contribution in [0.2, 0.25) is 0 Å². The smallest absolute Gasteiger partial charge is 0.119 e. The van der Waals surface area contributed by atoms with Crippen LogP contribution in [0.4, 0.5) is 0 Å². The van der Waals surface area contributed by atoms with Gasteiger partial charge in [-0.15, -0.1) is 0 Å². The van der Waals surface area contributed by atoms with E-state index >= 15 is 0 Å². The third kappa shape index (κ3) is 3.86. The third-order valence-corrected chi connectivity index (χ3v) is 3.27. The lowest BCUT2D eigenvalue weighted by atomic mass is 10.0. The summed E-state index contributed by atoms with van der Waals surface area (Å²) in [6.07, 6.45) is 0.845. The van der Waals surface area contributed by atoms with Gasteiger partial charge in [0, 0.05) is 6.42 Å². The molecule has 20 heavy (non-hydrogen) atoms. The van der Waals surface area contributed by atoms with Gasteiger partial charge in [0.15, 0.2) is 0 Å². The van der Waals surface area contributed by atoms with Crippen molar-refractivity contribution in [1.29, 1.82) is 5.26 Å². The summed E-state index contributed by atoms with van der Waals surface area (Å²) < 4.78 is 5.79. The highest BCUT2D eigenvalue weighted by molar-refractivity contribution is 5.32. The van der Waals surface area contributed by atoms with Crippen LogP contribution in [0.25, 0.3) is 0 Å². The van der Waals surface area contributed by atoms with Crippen LogP contribution in [-0.2, 0) is 6.42 Å². The molecule has 0 fully saturated rings. The molecule has 2 aromatic carbocycles. The second-order valence-electron chi connectivity index (χ2n) is 5.13. The number of hydrogen-bond acceptors (Lipinski definition) is 2. The summed E-state index contributed by atoms with van der Waals surface area (Å²) in [5.41, 5.74) is 3.17. The van der Waals surface area contributed by atoms with Gasteiger partial charge in [-0.25, -0.2) is 0 Å². The zero-order valence-corrected chi connectivity index (χ0v) is 12.0. The third-order valence-electron chi connectivity index (χ3n) is 3.27. The van der Waals surface area contributed by atoms with Crippen molar-refractivity contribution in [2.24, 2.45) is 0 Å². The Hall–Kier alpha value is -2.27. The SMILES string of the molecule is CC(C)c1cccc(OCCc2ccc(C#N)cc2)c1. The molecule has 0 atom stereocenters. The molecule has 0 aliphatic heterocycles. The van der Waals surface area contributed by atoms with Gasteiger partial charge in [0.25, 0.3) is 0 Å². The Labute approximate surface area is 120 Å². The first-order valence-electron chi connectivity index (χ1n) is 6.91. The lowest BCUT2D eigenvalue weighted by Gasteiger charge is -2.10. The van der Waals surface area contributed by atoms with Gasteiger partial charge >= 0.3 is 0 Å². The van der Waals surface area contributed by atoms with Crippen molar-refractivity contribution in [2.45, 2.75) is 26.2 Å². The molecule has 0 bridgehead atoms. The quantitative estimate of drug-likeness (QED) is 0.807. The monoisotopic (exact) mass is 265 g/mol. The summed E-state index contributed by atoms with van der Waals surface area (Å²) in [5, 5.41) is 8.75. The highest BCUT2D eigenvalue weighted by Gasteiger charge is 2.01. The zero-order valence-electron chi connectivity index (χ0n) is 12.0. The minimum Gasteiger partial charge on any atom is -0.493 e. The fraction of sp³-hybridized carbons (Fsp3) is 0.278. The van der Waals surface area contributed by atoms with Crippen LogP contribution in [-0.4, -0.2) is 6.61 Å². The molecule has 0 radical (unpaired) electrons. The van der Waals surface area contributed by atoms with Crippen LogP contribution in [0, 0.1) is 11.3 Å². The molecule has 0 amide bonds. The largest absolute Gasteiger partial charge is 0.493 e. The molecule has 0 N–H and O–H groups in total. The number of nitriles is 1. The van der Waals surface area contributed by atoms with Crippen LogP contribution >= 0.6 is 0 Å². The average molecular weight is 265 g/mol. The molecule has 2 aromatic rings.